The van der Waals surface area contributed by atoms with Gasteiger partial charge in [-0.3, -0.25) is 4.68 Å². The van der Waals surface area contributed by atoms with Gasteiger partial charge in [-0.2, -0.15) is 5.10 Å². The summed E-state index contributed by atoms with van der Waals surface area (Å²) in [6.07, 6.45) is 1.87. The van der Waals surface area contributed by atoms with E-state index < -0.39 is 0 Å². The number of hydrogen-bond donors (Lipinski definition) is 1. The molecule has 0 radical (unpaired) electrons. The second-order valence-corrected chi connectivity index (χ2v) is 6.94. The molecular weight excluding hydrogens is 325 g/mol. The number of halogens is 2. The van der Waals surface area contributed by atoms with Crippen LogP contribution in [0.4, 0.5) is 0 Å². The molecule has 2 heterocycles. The molecule has 0 aliphatic carbocycles. The minimum absolute atomic E-state index is 0.170. The van der Waals surface area contributed by atoms with Crippen LogP contribution in [0.1, 0.15) is 41.2 Å². The maximum absolute atomic E-state index is 6.45. The summed E-state index contributed by atoms with van der Waals surface area (Å²) < 4.78 is 1.87. The molecule has 0 bridgehead atoms. The van der Waals surface area contributed by atoms with E-state index in [4.69, 9.17) is 23.2 Å². The van der Waals surface area contributed by atoms with Gasteiger partial charge in [-0.05, 0) is 37.8 Å². The Morgan fingerprint density at radius 1 is 1.33 bits per heavy atom. The average Bonchev–Trinajstić information content (AvgIpc) is 2.89. The van der Waals surface area contributed by atoms with Crippen LogP contribution < -0.4 is 5.32 Å². The highest BCUT2D eigenvalue weighted by Crippen LogP contribution is 2.35. The first-order chi connectivity index (χ1) is 9.95. The van der Waals surface area contributed by atoms with E-state index in [1.165, 1.54) is 4.88 Å². The van der Waals surface area contributed by atoms with Crippen LogP contribution in [0.2, 0.25) is 10.0 Å². The van der Waals surface area contributed by atoms with Gasteiger partial charge in [-0.1, -0.05) is 30.1 Å². The molecule has 2 aromatic heterocycles. The van der Waals surface area contributed by atoms with E-state index in [2.05, 4.69) is 22.7 Å². The molecular formula is C15H21Cl2N3S. The van der Waals surface area contributed by atoms with Gasteiger partial charge in [0.05, 0.1) is 21.4 Å². The van der Waals surface area contributed by atoms with E-state index in [-0.39, 0.29) is 6.04 Å². The molecule has 1 unspecified atom stereocenters. The van der Waals surface area contributed by atoms with Gasteiger partial charge in [0.2, 0.25) is 0 Å². The summed E-state index contributed by atoms with van der Waals surface area (Å²) in [6.45, 7) is 7.09. The third-order valence-electron chi connectivity index (χ3n) is 3.54. The van der Waals surface area contributed by atoms with Gasteiger partial charge in [0, 0.05) is 24.4 Å². The molecule has 0 spiro atoms. The topological polar surface area (TPSA) is 29.9 Å². The predicted octanol–water partition coefficient (Wildman–Crippen LogP) is 4.69. The number of nitrogens with zero attached hydrogens (tertiary/aromatic N) is 2. The Balaban J connectivity index is 2.30. The number of aromatic nitrogens is 2. The van der Waals surface area contributed by atoms with Gasteiger partial charge in [0.15, 0.2) is 0 Å². The van der Waals surface area contributed by atoms with Crippen LogP contribution in [0.25, 0.3) is 0 Å². The van der Waals surface area contributed by atoms with Crippen molar-refractivity contribution >= 4 is 34.5 Å². The molecule has 1 atom stereocenters. The third-order valence-corrected chi connectivity index (χ3v) is 5.86. The lowest BCUT2D eigenvalue weighted by Gasteiger charge is -2.18. The van der Waals surface area contributed by atoms with E-state index in [9.17, 15) is 0 Å². The van der Waals surface area contributed by atoms with E-state index in [0.29, 0.717) is 0 Å². The molecule has 116 valence electrons. The highest BCUT2D eigenvalue weighted by molar-refractivity contribution is 7.10. The Kier molecular flexibility index (Phi) is 5.72. The van der Waals surface area contributed by atoms with Crippen LogP contribution >= 0.6 is 34.5 Å². The van der Waals surface area contributed by atoms with Crippen LogP contribution in [0.15, 0.2) is 5.38 Å². The first kappa shape index (κ1) is 16.8. The minimum Gasteiger partial charge on any atom is -0.309 e. The van der Waals surface area contributed by atoms with Crippen LogP contribution in [0.5, 0.6) is 0 Å². The molecule has 0 saturated heterocycles. The van der Waals surface area contributed by atoms with Gasteiger partial charge in [0.1, 0.15) is 0 Å². The van der Waals surface area contributed by atoms with Gasteiger partial charge in [0.25, 0.3) is 0 Å². The zero-order chi connectivity index (χ0) is 15.6. The number of rotatable bonds is 6. The summed E-state index contributed by atoms with van der Waals surface area (Å²) in [4.78, 5) is 1.18. The van der Waals surface area contributed by atoms with Crippen molar-refractivity contribution < 1.29 is 0 Å². The van der Waals surface area contributed by atoms with Crippen molar-refractivity contribution in [1.29, 1.82) is 0 Å². The molecule has 2 rings (SSSR count). The summed E-state index contributed by atoms with van der Waals surface area (Å²) in [7, 11) is 1.94. The van der Waals surface area contributed by atoms with Crippen LogP contribution in [-0.2, 0) is 13.5 Å². The molecule has 0 fully saturated rings. The molecule has 0 aliphatic rings. The molecule has 3 nitrogen and oxygen atoms in total. The summed E-state index contributed by atoms with van der Waals surface area (Å²) >= 11 is 14.5. The van der Waals surface area contributed by atoms with Gasteiger partial charge < -0.3 is 5.32 Å². The highest BCUT2D eigenvalue weighted by Gasteiger charge is 2.22. The van der Waals surface area contributed by atoms with Crippen LogP contribution in [-0.4, -0.2) is 16.3 Å². The number of hydrogen-bond acceptors (Lipinski definition) is 3. The number of nitrogens with one attached hydrogen (secondary N) is 1. The van der Waals surface area contributed by atoms with E-state index in [1.807, 2.05) is 25.6 Å². The van der Waals surface area contributed by atoms with Crippen molar-refractivity contribution in [1.82, 2.24) is 15.1 Å². The standard InChI is InChI=1S/C15H21Cl2N3S/c1-5-6-18-11(15-13(16)9(2)8-21-15)7-12-14(17)10(3)19-20(12)4/h8,11,18H,5-7H2,1-4H3. The Morgan fingerprint density at radius 2 is 2.05 bits per heavy atom. The quantitative estimate of drug-likeness (QED) is 0.822. The predicted molar refractivity (Wildman–Crippen MR) is 91.8 cm³/mol. The molecule has 6 heteroatoms. The lowest BCUT2D eigenvalue weighted by molar-refractivity contribution is 0.519. The lowest BCUT2D eigenvalue weighted by atomic mass is 10.1. The maximum atomic E-state index is 6.45. The number of aryl methyl sites for hydroxylation is 3. The van der Waals surface area contributed by atoms with Crippen molar-refractivity contribution in [2.24, 2.45) is 7.05 Å². The molecule has 0 amide bonds. The molecule has 21 heavy (non-hydrogen) atoms. The molecule has 0 saturated carbocycles. The van der Waals surface area contributed by atoms with Gasteiger partial charge >= 0.3 is 0 Å². The molecule has 0 aliphatic heterocycles. The van der Waals surface area contributed by atoms with Crippen molar-refractivity contribution in [3.05, 3.63) is 37.3 Å². The largest absolute Gasteiger partial charge is 0.309 e. The molecule has 1 N–H and O–H groups in total. The summed E-state index contributed by atoms with van der Waals surface area (Å²) in [5.74, 6) is 0. The van der Waals surface area contributed by atoms with Crippen molar-refractivity contribution in [3.63, 3.8) is 0 Å². The Morgan fingerprint density at radius 3 is 2.52 bits per heavy atom. The van der Waals surface area contributed by atoms with E-state index >= 15 is 0 Å². The second-order valence-electron chi connectivity index (χ2n) is 5.28. The second kappa shape index (κ2) is 7.14. The highest BCUT2D eigenvalue weighted by atomic mass is 35.5. The summed E-state index contributed by atoms with van der Waals surface area (Å²) in [5, 5.41) is 11.7. The monoisotopic (exact) mass is 345 g/mol. The fourth-order valence-corrected chi connectivity index (χ4v) is 3.99. The Labute approximate surface area is 140 Å². The fourth-order valence-electron chi connectivity index (χ4n) is 2.36. The average molecular weight is 346 g/mol. The maximum Gasteiger partial charge on any atom is 0.0847 e. The third kappa shape index (κ3) is 3.62. The minimum atomic E-state index is 0.170. The number of thiophene rings is 1. The van der Waals surface area contributed by atoms with E-state index in [0.717, 1.165) is 46.4 Å². The van der Waals surface area contributed by atoms with Crippen molar-refractivity contribution in [3.8, 4) is 0 Å². The zero-order valence-electron chi connectivity index (χ0n) is 12.8. The Hall–Kier alpha value is -0.550. The van der Waals surface area contributed by atoms with Crippen molar-refractivity contribution in [2.75, 3.05) is 6.54 Å². The SMILES string of the molecule is CCCNC(Cc1c(Cl)c(C)nn1C)c1scc(C)c1Cl. The summed E-state index contributed by atoms with van der Waals surface area (Å²) in [6, 6.07) is 0.170. The molecule has 0 aromatic carbocycles. The van der Waals surface area contributed by atoms with Gasteiger partial charge in [-0.25, -0.2) is 0 Å². The first-order valence-electron chi connectivity index (χ1n) is 7.10. The van der Waals surface area contributed by atoms with Crippen LogP contribution in [0, 0.1) is 13.8 Å². The summed E-state index contributed by atoms with van der Waals surface area (Å²) in [5.41, 5.74) is 3.05. The smallest absolute Gasteiger partial charge is 0.0847 e. The normalized spacial score (nSPS) is 12.9. The van der Waals surface area contributed by atoms with Crippen molar-refractivity contribution in [2.45, 2.75) is 39.7 Å². The van der Waals surface area contributed by atoms with E-state index in [1.54, 1.807) is 11.3 Å². The first-order valence-corrected chi connectivity index (χ1v) is 8.74. The lowest BCUT2D eigenvalue weighted by Crippen LogP contribution is -2.24. The molecule has 2 aromatic rings. The Bertz CT molecular complexity index is 619. The fraction of sp³-hybridized carbons (Fsp3) is 0.533. The van der Waals surface area contributed by atoms with Crippen LogP contribution in [0.3, 0.4) is 0 Å². The van der Waals surface area contributed by atoms with Gasteiger partial charge in [-0.15, -0.1) is 11.3 Å². The zero-order valence-corrected chi connectivity index (χ0v) is 15.2.